The molecule has 0 fully saturated rings. The van der Waals surface area contributed by atoms with E-state index in [2.05, 4.69) is 267 Å². The van der Waals surface area contributed by atoms with E-state index >= 15 is 0 Å². The van der Waals surface area contributed by atoms with Gasteiger partial charge in [-0.05, 0) is 124 Å². The molecular weight excluding hydrogens is 803 g/mol. The Labute approximate surface area is 381 Å². The average molecular weight is 844 g/mol. The molecule has 310 valence electrons. The Morgan fingerprint density at radius 1 is 0.288 bits per heavy atom. The summed E-state index contributed by atoms with van der Waals surface area (Å²) in [5.41, 5.74) is 19.2. The minimum absolute atomic E-state index is 0.886. The molecule has 0 aliphatic rings. The molecule has 0 radical (unpaired) electrons. The molecule has 0 atom stereocenters. The first kappa shape index (κ1) is 37.6. The second-order valence-electron chi connectivity index (χ2n) is 16.9. The van der Waals surface area contributed by atoms with Gasteiger partial charge in [-0.25, -0.2) is 4.98 Å². The van der Waals surface area contributed by atoms with Gasteiger partial charge < -0.3 is 9.47 Å². The van der Waals surface area contributed by atoms with Crippen LogP contribution in [-0.4, -0.2) is 18.5 Å². The van der Waals surface area contributed by atoms with E-state index in [0.29, 0.717) is 0 Å². The van der Waals surface area contributed by atoms with E-state index in [0.717, 1.165) is 67.4 Å². The second-order valence-corrected chi connectivity index (χ2v) is 16.9. The van der Waals surface area contributed by atoms with Crippen molar-refractivity contribution < 1.29 is 0 Å². The van der Waals surface area contributed by atoms with Crippen LogP contribution in [0.15, 0.2) is 249 Å². The molecule has 0 N–H and O–H groups in total. The normalized spacial score (nSPS) is 11.6. The standard InChI is InChI=1S/C61H41N5/c1-3-13-42(14-4-1)44-23-31-48(32-24-44)63(49-33-25-45(26-34-49)43-15-5-2-6-16-43)50-35-27-46(28-36-50)47-29-37-51(38-30-47)65-58-21-11-12-22-59(58)66-60-41-52(39-40-55(60)62-61(65)66)64-56-19-9-7-17-53(56)54-18-8-10-20-57(54)64/h1-41H. The summed E-state index contributed by atoms with van der Waals surface area (Å²) in [5, 5.41) is 2.50. The maximum atomic E-state index is 5.28. The summed E-state index contributed by atoms with van der Waals surface area (Å²) < 4.78 is 6.97. The molecule has 0 saturated heterocycles. The molecule has 10 aromatic carbocycles. The largest absolute Gasteiger partial charge is 0.311 e. The van der Waals surface area contributed by atoms with Crippen molar-refractivity contribution in [3.63, 3.8) is 0 Å². The highest BCUT2D eigenvalue weighted by atomic mass is 15.2. The van der Waals surface area contributed by atoms with Gasteiger partial charge in [-0.2, -0.15) is 0 Å². The van der Waals surface area contributed by atoms with E-state index in [1.807, 2.05) is 0 Å². The molecule has 0 unspecified atom stereocenters. The maximum Gasteiger partial charge on any atom is 0.220 e. The predicted octanol–water partition coefficient (Wildman–Crippen LogP) is 16.0. The van der Waals surface area contributed by atoms with E-state index in [4.69, 9.17) is 4.98 Å². The number of imidazole rings is 2. The summed E-state index contributed by atoms with van der Waals surface area (Å²) in [6.45, 7) is 0. The number of fused-ring (bicyclic) bond motifs is 8. The van der Waals surface area contributed by atoms with Crippen LogP contribution in [0.2, 0.25) is 0 Å². The predicted molar refractivity (Wildman–Crippen MR) is 275 cm³/mol. The van der Waals surface area contributed by atoms with Gasteiger partial charge in [0, 0.05) is 39.2 Å². The highest BCUT2D eigenvalue weighted by Gasteiger charge is 2.20. The van der Waals surface area contributed by atoms with E-state index < -0.39 is 0 Å². The minimum Gasteiger partial charge on any atom is -0.311 e. The Morgan fingerprint density at radius 2 is 0.682 bits per heavy atom. The SMILES string of the molecule is c1ccc(-c2ccc(N(c3ccc(-c4ccccc4)cc3)c3ccc(-c4ccc(-n5c6ccccc6n6c7cc(-n8c9ccccc9c9ccccc98)ccc7nc56)cc4)cc3)cc2)cc1. The van der Waals surface area contributed by atoms with Gasteiger partial charge >= 0.3 is 0 Å². The Kier molecular flexibility index (Phi) is 8.78. The van der Waals surface area contributed by atoms with E-state index in [1.54, 1.807) is 0 Å². The molecule has 0 spiro atoms. The van der Waals surface area contributed by atoms with Crippen molar-refractivity contribution >= 4 is 66.7 Å². The molecule has 5 heteroatoms. The van der Waals surface area contributed by atoms with Crippen LogP contribution in [-0.2, 0) is 0 Å². The van der Waals surface area contributed by atoms with Crippen molar-refractivity contribution in [1.29, 1.82) is 0 Å². The summed E-state index contributed by atoms with van der Waals surface area (Å²) >= 11 is 0. The van der Waals surface area contributed by atoms with Crippen molar-refractivity contribution in [2.24, 2.45) is 0 Å². The van der Waals surface area contributed by atoms with Gasteiger partial charge in [0.2, 0.25) is 5.78 Å². The zero-order valence-corrected chi connectivity index (χ0v) is 35.9. The first-order chi connectivity index (χ1) is 32.7. The van der Waals surface area contributed by atoms with Crippen molar-refractivity contribution in [1.82, 2.24) is 18.5 Å². The van der Waals surface area contributed by atoms with Gasteiger partial charge in [-0.3, -0.25) is 8.97 Å². The zero-order valence-electron chi connectivity index (χ0n) is 35.9. The highest BCUT2D eigenvalue weighted by Crippen LogP contribution is 2.39. The lowest BCUT2D eigenvalue weighted by Gasteiger charge is -2.26. The summed E-state index contributed by atoms with van der Waals surface area (Å²) in [7, 11) is 0. The number of para-hydroxylation sites is 4. The Morgan fingerprint density at radius 3 is 1.18 bits per heavy atom. The van der Waals surface area contributed by atoms with Crippen molar-refractivity contribution in [3.05, 3.63) is 249 Å². The first-order valence-corrected chi connectivity index (χ1v) is 22.5. The summed E-state index contributed by atoms with van der Waals surface area (Å²) in [6.07, 6.45) is 0. The van der Waals surface area contributed by atoms with E-state index in [9.17, 15) is 0 Å². The zero-order chi connectivity index (χ0) is 43.6. The second kappa shape index (κ2) is 15.4. The van der Waals surface area contributed by atoms with Crippen molar-refractivity contribution in [2.45, 2.75) is 0 Å². The third kappa shape index (κ3) is 6.21. The monoisotopic (exact) mass is 843 g/mol. The van der Waals surface area contributed by atoms with Crippen LogP contribution in [0.3, 0.4) is 0 Å². The lowest BCUT2D eigenvalue weighted by atomic mass is 10.0. The van der Waals surface area contributed by atoms with Crippen LogP contribution in [0.4, 0.5) is 17.1 Å². The van der Waals surface area contributed by atoms with Crippen LogP contribution in [0.25, 0.3) is 94.4 Å². The number of hydrogen-bond acceptors (Lipinski definition) is 2. The number of hydrogen-bond donors (Lipinski definition) is 0. The average Bonchev–Trinajstić information content (AvgIpc) is 4.04. The Bertz CT molecular complexity index is 3740. The Balaban J connectivity index is 0.853. The van der Waals surface area contributed by atoms with E-state index in [1.165, 1.54) is 44.1 Å². The molecule has 0 saturated carbocycles. The smallest absolute Gasteiger partial charge is 0.220 e. The molecule has 66 heavy (non-hydrogen) atoms. The maximum absolute atomic E-state index is 5.28. The molecule has 13 rings (SSSR count). The quantitative estimate of drug-likeness (QED) is 0.153. The van der Waals surface area contributed by atoms with Crippen LogP contribution in [0, 0.1) is 0 Å². The number of benzene rings is 10. The first-order valence-electron chi connectivity index (χ1n) is 22.5. The molecule has 0 aliphatic carbocycles. The van der Waals surface area contributed by atoms with Crippen LogP contribution >= 0.6 is 0 Å². The lowest BCUT2D eigenvalue weighted by molar-refractivity contribution is 1.11. The van der Waals surface area contributed by atoms with Gasteiger partial charge in [-0.15, -0.1) is 0 Å². The summed E-state index contributed by atoms with van der Waals surface area (Å²) in [4.78, 5) is 7.62. The van der Waals surface area contributed by atoms with Gasteiger partial charge in [0.15, 0.2) is 0 Å². The highest BCUT2D eigenvalue weighted by molar-refractivity contribution is 6.09. The number of aromatic nitrogens is 4. The molecule has 13 aromatic rings. The van der Waals surface area contributed by atoms with Crippen molar-refractivity contribution in [2.75, 3.05) is 4.90 Å². The van der Waals surface area contributed by atoms with Crippen LogP contribution in [0.1, 0.15) is 0 Å². The molecule has 0 amide bonds. The fourth-order valence-electron chi connectivity index (χ4n) is 9.90. The molecule has 0 aliphatic heterocycles. The summed E-state index contributed by atoms with van der Waals surface area (Å²) in [6, 6.07) is 89.2. The number of anilines is 3. The fourth-order valence-corrected chi connectivity index (χ4v) is 9.90. The van der Waals surface area contributed by atoms with Gasteiger partial charge in [0.25, 0.3) is 0 Å². The van der Waals surface area contributed by atoms with Gasteiger partial charge in [-0.1, -0.05) is 158 Å². The molecular formula is C61H41N5. The third-order valence-electron chi connectivity index (χ3n) is 13.1. The summed E-state index contributed by atoms with van der Waals surface area (Å²) in [5.74, 6) is 0.886. The van der Waals surface area contributed by atoms with Gasteiger partial charge in [0.05, 0.1) is 33.1 Å². The topological polar surface area (TPSA) is 30.4 Å². The number of nitrogens with zero attached hydrogens (tertiary/aromatic N) is 5. The molecule has 0 bridgehead atoms. The van der Waals surface area contributed by atoms with Crippen LogP contribution in [0.5, 0.6) is 0 Å². The number of rotatable bonds is 8. The minimum atomic E-state index is 0.886. The van der Waals surface area contributed by atoms with Crippen molar-refractivity contribution in [3.8, 4) is 44.8 Å². The van der Waals surface area contributed by atoms with E-state index in [-0.39, 0.29) is 0 Å². The fraction of sp³-hybridized carbons (Fsp3) is 0. The molecule has 3 aromatic heterocycles. The van der Waals surface area contributed by atoms with Crippen LogP contribution < -0.4 is 4.90 Å². The third-order valence-corrected chi connectivity index (χ3v) is 13.1. The Hall–Kier alpha value is -8.93. The lowest BCUT2D eigenvalue weighted by Crippen LogP contribution is -2.09. The molecule has 3 heterocycles. The van der Waals surface area contributed by atoms with Gasteiger partial charge in [0.1, 0.15) is 0 Å². The molecule has 5 nitrogen and oxygen atoms in total.